The Labute approximate surface area is 137 Å². The smallest absolute Gasteiger partial charge is 0.253 e. The van der Waals surface area contributed by atoms with E-state index in [2.05, 4.69) is 43.1 Å². The first-order valence-electron chi connectivity index (χ1n) is 8.21. The number of aromatic nitrogens is 3. The van der Waals surface area contributed by atoms with Gasteiger partial charge >= 0.3 is 0 Å². The van der Waals surface area contributed by atoms with Gasteiger partial charge in [0.1, 0.15) is 0 Å². The maximum absolute atomic E-state index is 12.6. The molecule has 1 aromatic heterocycles. The number of benzene rings is 1. The van der Waals surface area contributed by atoms with Crippen molar-refractivity contribution >= 4 is 5.91 Å². The Hall–Kier alpha value is -2.17. The second-order valence-electron chi connectivity index (χ2n) is 7.20. The number of nitrogens with zero attached hydrogens (tertiary/aromatic N) is 4. The molecule has 5 nitrogen and oxygen atoms in total. The van der Waals surface area contributed by atoms with Crippen molar-refractivity contribution in [1.29, 1.82) is 0 Å². The first kappa shape index (κ1) is 15.7. The van der Waals surface area contributed by atoms with Gasteiger partial charge in [0, 0.05) is 18.7 Å². The summed E-state index contributed by atoms with van der Waals surface area (Å²) in [5.74, 6) is 0.123. The molecule has 2 heterocycles. The van der Waals surface area contributed by atoms with E-state index < -0.39 is 0 Å². The van der Waals surface area contributed by atoms with E-state index in [1.165, 1.54) is 5.56 Å². The maximum Gasteiger partial charge on any atom is 0.253 e. The molecule has 0 spiro atoms. The molecule has 0 bridgehead atoms. The topological polar surface area (TPSA) is 51.0 Å². The molecule has 0 atom stereocenters. The Morgan fingerprint density at radius 2 is 1.61 bits per heavy atom. The summed E-state index contributed by atoms with van der Waals surface area (Å²) in [6.07, 6.45) is 5.21. The molecule has 122 valence electrons. The van der Waals surface area contributed by atoms with E-state index in [1.807, 2.05) is 17.0 Å². The average Bonchev–Trinajstić information content (AvgIpc) is 3.08. The summed E-state index contributed by atoms with van der Waals surface area (Å²) in [4.78, 5) is 16.3. The number of carbonyl (C=O) groups is 1. The Morgan fingerprint density at radius 1 is 1.04 bits per heavy atom. The molecule has 1 amide bonds. The molecular weight excluding hydrogens is 288 g/mol. The van der Waals surface area contributed by atoms with Crippen molar-refractivity contribution in [1.82, 2.24) is 19.9 Å². The maximum atomic E-state index is 12.6. The molecule has 0 unspecified atom stereocenters. The summed E-state index contributed by atoms with van der Waals surface area (Å²) >= 11 is 0. The molecule has 1 saturated heterocycles. The minimum absolute atomic E-state index is 0.108. The fraction of sp³-hybridized carbons (Fsp3) is 0.500. The number of carbonyl (C=O) groups excluding carboxylic acids is 1. The zero-order chi connectivity index (χ0) is 16.4. The van der Waals surface area contributed by atoms with E-state index >= 15 is 0 Å². The molecule has 0 saturated carbocycles. The van der Waals surface area contributed by atoms with Gasteiger partial charge in [-0.3, -0.25) is 4.79 Å². The summed E-state index contributed by atoms with van der Waals surface area (Å²) < 4.78 is 0. The van der Waals surface area contributed by atoms with Crippen LogP contribution in [0.4, 0.5) is 0 Å². The summed E-state index contributed by atoms with van der Waals surface area (Å²) in [6, 6.07) is 8.33. The summed E-state index contributed by atoms with van der Waals surface area (Å²) in [5, 5.41) is 8.41. The fourth-order valence-electron chi connectivity index (χ4n) is 3.01. The Bertz CT molecular complexity index is 647. The quantitative estimate of drug-likeness (QED) is 0.856. The second-order valence-corrected chi connectivity index (χ2v) is 7.20. The van der Waals surface area contributed by atoms with Crippen LogP contribution in [-0.2, 0) is 5.41 Å². The van der Waals surface area contributed by atoms with Gasteiger partial charge in [0.05, 0.1) is 18.4 Å². The number of hydrogen-bond acceptors (Lipinski definition) is 3. The van der Waals surface area contributed by atoms with Gasteiger partial charge in [-0.2, -0.15) is 15.0 Å². The molecular formula is C18H24N4O. The summed E-state index contributed by atoms with van der Waals surface area (Å²) in [5.41, 5.74) is 2.13. The van der Waals surface area contributed by atoms with Gasteiger partial charge in [-0.25, -0.2) is 0 Å². The molecule has 1 aromatic carbocycles. The molecule has 0 radical (unpaired) electrons. The third-order valence-corrected chi connectivity index (χ3v) is 4.51. The van der Waals surface area contributed by atoms with Crippen LogP contribution in [-0.4, -0.2) is 38.9 Å². The van der Waals surface area contributed by atoms with Crippen molar-refractivity contribution in [3.63, 3.8) is 0 Å². The van der Waals surface area contributed by atoms with Crippen LogP contribution in [0.25, 0.3) is 0 Å². The van der Waals surface area contributed by atoms with Gasteiger partial charge in [-0.15, -0.1) is 0 Å². The van der Waals surface area contributed by atoms with Crippen LogP contribution in [0.1, 0.15) is 55.6 Å². The predicted molar refractivity (Wildman–Crippen MR) is 89.3 cm³/mol. The van der Waals surface area contributed by atoms with Gasteiger partial charge < -0.3 is 4.90 Å². The van der Waals surface area contributed by atoms with E-state index in [9.17, 15) is 4.79 Å². The Morgan fingerprint density at radius 3 is 2.13 bits per heavy atom. The zero-order valence-corrected chi connectivity index (χ0v) is 14.1. The van der Waals surface area contributed by atoms with Crippen molar-refractivity contribution in [3.05, 3.63) is 47.8 Å². The van der Waals surface area contributed by atoms with E-state index in [0.29, 0.717) is 6.04 Å². The summed E-state index contributed by atoms with van der Waals surface area (Å²) in [7, 11) is 0. The van der Waals surface area contributed by atoms with Crippen molar-refractivity contribution in [2.75, 3.05) is 13.1 Å². The van der Waals surface area contributed by atoms with Gasteiger partial charge in [0.15, 0.2) is 0 Å². The van der Waals surface area contributed by atoms with Gasteiger partial charge in [-0.05, 0) is 36.0 Å². The highest BCUT2D eigenvalue weighted by Gasteiger charge is 2.25. The van der Waals surface area contributed by atoms with E-state index in [0.717, 1.165) is 31.5 Å². The van der Waals surface area contributed by atoms with Gasteiger partial charge in [-0.1, -0.05) is 32.9 Å². The number of likely N-dealkylation sites (tertiary alicyclic amines) is 1. The monoisotopic (exact) mass is 312 g/mol. The molecule has 0 N–H and O–H groups in total. The van der Waals surface area contributed by atoms with Gasteiger partial charge in [0.2, 0.25) is 0 Å². The van der Waals surface area contributed by atoms with Gasteiger partial charge in [0.25, 0.3) is 5.91 Å². The highest BCUT2D eigenvalue weighted by atomic mass is 16.2. The lowest BCUT2D eigenvalue weighted by atomic mass is 9.86. The first-order valence-corrected chi connectivity index (χ1v) is 8.21. The van der Waals surface area contributed by atoms with Crippen LogP contribution in [0.5, 0.6) is 0 Å². The normalized spacial score (nSPS) is 16.6. The molecule has 3 rings (SSSR count). The predicted octanol–water partition coefficient (Wildman–Crippen LogP) is 3.05. The lowest BCUT2D eigenvalue weighted by Gasteiger charge is -2.31. The lowest BCUT2D eigenvalue weighted by molar-refractivity contribution is 0.0683. The second kappa shape index (κ2) is 6.14. The average molecular weight is 312 g/mol. The Kier molecular flexibility index (Phi) is 4.20. The van der Waals surface area contributed by atoms with E-state index in [1.54, 1.807) is 17.2 Å². The third-order valence-electron chi connectivity index (χ3n) is 4.51. The number of amides is 1. The van der Waals surface area contributed by atoms with Crippen LogP contribution in [0.3, 0.4) is 0 Å². The highest BCUT2D eigenvalue weighted by molar-refractivity contribution is 5.94. The minimum Gasteiger partial charge on any atom is -0.338 e. The first-order chi connectivity index (χ1) is 10.9. The van der Waals surface area contributed by atoms with Crippen LogP contribution in [0, 0.1) is 0 Å². The molecule has 2 aromatic rings. The fourth-order valence-corrected chi connectivity index (χ4v) is 3.01. The van der Waals surface area contributed by atoms with Crippen molar-refractivity contribution in [2.45, 2.75) is 45.1 Å². The van der Waals surface area contributed by atoms with Crippen LogP contribution >= 0.6 is 0 Å². The summed E-state index contributed by atoms with van der Waals surface area (Å²) in [6.45, 7) is 8.05. The van der Waals surface area contributed by atoms with E-state index in [4.69, 9.17) is 0 Å². The van der Waals surface area contributed by atoms with Crippen molar-refractivity contribution < 1.29 is 4.79 Å². The standard InChI is InChI=1S/C18H24N4O/c1-18(2,3)15-6-4-14(5-7-15)17(23)21-12-8-16(9-13-21)22-19-10-11-20-22/h4-7,10-11,16H,8-9,12-13H2,1-3H3. The molecule has 5 heteroatoms. The third kappa shape index (κ3) is 3.44. The molecule has 1 aliphatic rings. The van der Waals surface area contributed by atoms with Crippen LogP contribution in [0.15, 0.2) is 36.7 Å². The SMILES string of the molecule is CC(C)(C)c1ccc(C(=O)N2CCC(n3nccn3)CC2)cc1. The largest absolute Gasteiger partial charge is 0.338 e. The highest BCUT2D eigenvalue weighted by Crippen LogP contribution is 2.24. The van der Waals surface area contributed by atoms with Crippen LogP contribution in [0.2, 0.25) is 0 Å². The molecule has 23 heavy (non-hydrogen) atoms. The lowest BCUT2D eigenvalue weighted by Crippen LogP contribution is -2.39. The van der Waals surface area contributed by atoms with E-state index in [-0.39, 0.29) is 11.3 Å². The van der Waals surface area contributed by atoms with Crippen molar-refractivity contribution in [3.8, 4) is 0 Å². The minimum atomic E-state index is 0.108. The number of rotatable bonds is 2. The molecule has 1 fully saturated rings. The zero-order valence-electron chi connectivity index (χ0n) is 14.1. The number of piperidine rings is 1. The Balaban J connectivity index is 1.63. The molecule has 1 aliphatic heterocycles. The molecule has 0 aliphatic carbocycles. The van der Waals surface area contributed by atoms with Crippen molar-refractivity contribution in [2.24, 2.45) is 0 Å². The van der Waals surface area contributed by atoms with Crippen LogP contribution < -0.4 is 0 Å². The number of hydrogen-bond donors (Lipinski definition) is 0.